The quantitative estimate of drug-likeness (QED) is 0.627. The second kappa shape index (κ2) is 9.15. The van der Waals surface area contributed by atoms with Crippen LogP contribution in [0.5, 0.6) is 0 Å². The van der Waals surface area contributed by atoms with Gasteiger partial charge in [-0.25, -0.2) is 0 Å². The molecule has 3 amide bonds. The topological polar surface area (TPSA) is 107 Å². The zero-order valence-electron chi connectivity index (χ0n) is 15.7. The summed E-state index contributed by atoms with van der Waals surface area (Å²) >= 11 is 12.0. The summed E-state index contributed by atoms with van der Waals surface area (Å²) in [5.74, 6) is -3.18. The summed E-state index contributed by atoms with van der Waals surface area (Å²) in [7, 11) is 0. The van der Waals surface area contributed by atoms with Gasteiger partial charge in [-0.05, 0) is 25.0 Å². The molecule has 8 nitrogen and oxygen atoms in total. The van der Waals surface area contributed by atoms with Crippen LogP contribution in [0, 0.1) is 0 Å². The highest BCUT2D eigenvalue weighted by Crippen LogP contribution is 2.26. The van der Waals surface area contributed by atoms with E-state index in [1.54, 1.807) is 6.07 Å². The van der Waals surface area contributed by atoms with Crippen molar-refractivity contribution in [3.05, 3.63) is 45.7 Å². The number of nitrogens with zero attached hydrogens (tertiary/aromatic N) is 2. The number of benzene rings is 1. The Balaban J connectivity index is 1.62. The zero-order chi connectivity index (χ0) is 22.8. The van der Waals surface area contributed by atoms with Crippen molar-refractivity contribution in [2.75, 3.05) is 18.4 Å². The molecule has 0 atom stereocenters. The maximum atomic E-state index is 12.6. The Hall–Kier alpha value is -2.79. The number of aromatic amines is 1. The highest BCUT2D eigenvalue weighted by atomic mass is 35.5. The Morgan fingerprint density at radius 1 is 1.10 bits per heavy atom. The number of carbonyl (C=O) groups excluding carboxylic acids is 3. The number of piperidine rings is 1. The molecule has 13 heteroatoms. The minimum Gasteiger partial charge on any atom is -0.348 e. The van der Waals surface area contributed by atoms with Crippen LogP contribution in [0.3, 0.4) is 0 Å². The van der Waals surface area contributed by atoms with Crippen molar-refractivity contribution in [3.63, 3.8) is 0 Å². The molecule has 0 bridgehead atoms. The molecule has 0 unspecified atom stereocenters. The van der Waals surface area contributed by atoms with Crippen molar-refractivity contribution in [2.24, 2.45) is 0 Å². The maximum absolute atomic E-state index is 12.6. The Morgan fingerprint density at radius 2 is 1.71 bits per heavy atom. The molecule has 166 valence electrons. The molecule has 31 heavy (non-hydrogen) atoms. The van der Waals surface area contributed by atoms with Gasteiger partial charge in [-0.1, -0.05) is 29.3 Å². The standard InChI is InChI=1S/C18H16Cl2F3N5O3/c19-10-2-1-3-11(20)13(10)15(29)26-12-8-24-27-14(12)16(30)25-9-4-6-28(7-5-9)17(31)18(21,22)23/h1-3,8-9H,4-7H2,(H,24,27)(H,25,30)(H,26,29). The van der Waals surface area contributed by atoms with Gasteiger partial charge in [0.15, 0.2) is 5.69 Å². The zero-order valence-corrected chi connectivity index (χ0v) is 17.2. The van der Waals surface area contributed by atoms with E-state index in [0.717, 1.165) is 0 Å². The van der Waals surface area contributed by atoms with E-state index in [0.29, 0.717) is 4.90 Å². The normalized spacial score (nSPS) is 14.9. The molecule has 1 aliphatic heterocycles. The minimum atomic E-state index is -4.93. The van der Waals surface area contributed by atoms with Crippen molar-refractivity contribution in [3.8, 4) is 0 Å². The van der Waals surface area contributed by atoms with Crippen molar-refractivity contribution in [2.45, 2.75) is 25.1 Å². The molecule has 1 aromatic carbocycles. The number of aromatic nitrogens is 2. The number of nitrogens with one attached hydrogen (secondary N) is 3. The summed E-state index contributed by atoms with van der Waals surface area (Å²) in [5, 5.41) is 11.7. The average Bonchev–Trinajstić information content (AvgIpc) is 3.15. The van der Waals surface area contributed by atoms with Crippen molar-refractivity contribution >= 4 is 46.6 Å². The minimum absolute atomic E-state index is 0.0279. The first kappa shape index (κ1) is 22.9. The van der Waals surface area contributed by atoms with E-state index in [-0.39, 0.29) is 52.9 Å². The SMILES string of the molecule is O=C(NC1CCN(C(=O)C(F)(F)F)CC1)c1n[nH]cc1NC(=O)c1c(Cl)cccc1Cl. The molecule has 2 heterocycles. The van der Waals surface area contributed by atoms with Gasteiger partial charge in [0, 0.05) is 25.3 Å². The van der Waals surface area contributed by atoms with Gasteiger partial charge in [0.2, 0.25) is 0 Å². The molecule has 1 fully saturated rings. The molecule has 1 saturated heterocycles. The van der Waals surface area contributed by atoms with Gasteiger partial charge >= 0.3 is 12.1 Å². The molecule has 0 spiro atoms. The summed E-state index contributed by atoms with van der Waals surface area (Å²) in [6, 6.07) is 4.09. The number of likely N-dealkylation sites (tertiary alicyclic amines) is 1. The Morgan fingerprint density at radius 3 is 2.29 bits per heavy atom. The molecule has 1 aliphatic rings. The lowest BCUT2D eigenvalue weighted by atomic mass is 10.0. The predicted octanol–water partition coefficient (Wildman–Crippen LogP) is 3.25. The number of rotatable bonds is 4. The molecular formula is C18H16Cl2F3N5O3. The van der Waals surface area contributed by atoms with E-state index in [4.69, 9.17) is 23.2 Å². The van der Waals surface area contributed by atoms with Crippen LogP contribution >= 0.6 is 23.2 Å². The van der Waals surface area contributed by atoms with Gasteiger partial charge in [-0.15, -0.1) is 0 Å². The van der Waals surface area contributed by atoms with Gasteiger partial charge in [-0.3, -0.25) is 19.5 Å². The van der Waals surface area contributed by atoms with Crippen LogP contribution in [0.4, 0.5) is 18.9 Å². The van der Waals surface area contributed by atoms with Crippen molar-refractivity contribution in [1.29, 1.82) is 0 Å². The van der Waals surface area contributed by atoms with Gasteiger partial charge in [0.1, 0.15) is 0 Å². The smallest absolute Gasteiger partial charge is 0.348 e. The van der Waals surface area contributed by atoms with E-state index in [1.807, 2.05) is 0 Å². The number of carbonyl (C=O) groups is 3. The second-order valence-electron chi connectivity index (χ2n) is 6.74. The highest BCUT2D eigenvalue weighted by molar-refractivity contribution is 6.40. The van der Waals surface area contributed by atoms with E-state index >= 15 is 0 Å². The average molecular weight is 478 g/mol. The Labute approximate surface area is 184 Å². The summed E-state index contributed by atoms with van der Waals surface area (Å²) in [6.45, 7) is -0.281. The number of amides is 3. The van der Waals surface area contributed by atoms with Crippen LogP contribution in [0.2, 0.25) is 10.0 Å². The molecular weight excluding hydrogens is 462 g/mol. The van der Waals surface area contributed by atoms with Crippen LogP contribution in [-0.4, -0.2) is 58.1 Å². The molecule has 0 radical (unpaired) electrons. The summed E-state index contributed by atoms with van der Waals surface area (Å²) < 4.78 is 37.6. The third-order valence-corrected chi connectivity index (χ3v) is 5.28. The van der Waals surface area contributed by atoms with Crippen molar-refractivity contribution < 1.29 is 27.6 Å². The van der Waals surface area contributed by atoms with Gasteiger partial charge < -0.3 is 15.5 Å². The number of halogens is 5. The monoisotopic (exact) mass is 477 g/mol. The van der Waals surface area contributed by atoms with Crippen molar-refractivity contribution in [1.82, 2.24) is 20.4 Å². The maximum Gasteiger partial charge on any atom is 0.471 e. The van der Waals surface area contributed by atoms with Crippen LogP contribution in [-0.2, 0) is 4.79 Å². The Bertz CT molecular complexity index is 983. The van der Waals surface area contributed by atoms with Crippen LogP contribution in [0.15, 0.2) is 24.4 Å². The largest absolute Gasteiger partial charge is 0.471 e. The summed E-state index contributed by atoms with van der Waals surface area (Å²) in [6.07, 6.45) is -3.34. The lowest BCUT2D eigenvalue weighted by Crippen LogP contribution is -2.50. The lowest BCUT2D eigenvalue weighted by molar-refractivity contribution is -0.186. The predicted molar refractivity (Wildman–Crippen MR) is 106 cm³/mol. The molecule has 2 aromatic rings. The van der Waals surface area contributed by atoms with Gasteiger partial charge in [0.25, 0.3) is 11.8 Å². The summed E-state index contributed by atoms with van der Waals surface area (Å²) in [4.78, 5) is 37.1. The van der Waals surface area contributed by atoms with E-state index < -0.39 is 29.9 Å². The fourth-order valence-electron chi connectivity index (χ4n) is 3.12. The van der Waals surface area contributed by atoms with Crippen LogP contribution in [0.1, 0.15) is 33.7 Å². The number of alkyl halides is 3. The number of hydrogen-bond donors (Lipinski definition) is 3. The summed E-state index contributed by atoms with van der Waals surface area (Å²) in [5.41, 5.74) is -0.0198. The van der Waals surface area contributed by atoms with Crippen LogP contribution < -0.4 is 10.6 Å². The van der Waals surface area contributed by atoms with E-state index in [2.05, 4.69) is 20.8 Å². The lowest BCUT2D eigenvalue weighted by Gasteiger charge is -2.32. The van der Waals surface area contributed by atoms with Crippen LogP contribution in [0.25, 0.3) is 0 Å². The molecule has 0 saturated carbocycles. The van der Waals surface area contributed by atoms with Gasteiger partial charge in [0.05, 0.1) is 21.3 Å². The molecule has 3 rings (SSSR count). The molecule has 1 aromatic heterocycles. The second-order valence-corrected chi connectivity index (χ2v) is 7.55. The number of H-pyrrole nitrogens is 1. The fourth-order valence-corrected chi connectivity index (χ4v) is 3.69. The van der Waals surface area contributed by atoms with E-state index in [9.17, 15) is 27.6 Å². The number of hydrogen-bond acceptors (Lipinski definition) is 4. The first-order valence-electron chi connectivity index (χ1n) is 9.04. The third kappa shape index (κ3) is 5.28. The molecule has 3 N–H and O–H groups in total. The number of anilines is 1. The first-order valence-corrected chi connectivity index (χ1v) is 9.79. The fraction of sp³-hybridized carbons (Fsp3) is 0.333. The third-order valence-electron chi connectivity index (χ3n) is 4.65. The first-order chi connectivity index (χ1) is 14.6. The molecule has 0 aliphatic carbocycles. The Kier molecular flexibility index (Phi) is 6.75. The van der Waals surface area contributed by atoms with E-state index in [1.165, 1.54) is 18.3 Å². The highest BCUT2D eigenvalue weighted by Gasteiger charge is 2.43. The van der Waals surface area contributed by atoms with Gasteiger partial charge in [-0.2, -0.15) is 18.3 Å².